The second-order valence-corrected chi connectivity index (χ2v) is 11.0. The Labute approximate surface area is 208 Å². The molecule has 0 aliphatic heterocycles. The smallest absolute Gasteiger partial charge is 0.264 e. The Morgan fingerprint density at radius 2 is 1.57 bits per heavy atom. The summed E-state index contributed by atoms with van der Waals surface area (Å²) in [5.74, 6) is -0.639. The summed E-state index contributed by atoms with van der Waals surface area (Å²) in [5, 5.41) is 3.62. The van der Waals surface area contributed by atoms with Gasteiger partial charge in [-0.1, -0.05) is 55.3 Å². The van der Waals surface area contributed by atoms with Crippen LogP contribution in [0, 0.1) is 13.8 Å². The van der Waals surface area contributed by atoms with Crippen LogP contribution in [0.5, 0.6) is 0 Å². The first-order valence-corrected chi connectivity index (χ1v) is 13.5. The maximum atomic E-state index is 12.6. The highest BCUT2D eigenvalue weighted by Gasteiger charge is 2.18. The van der Waals surface area contributed by atoms with Crippen molar-refractivity contribution in [3.8, 4) is 11.1 Å². The van der Waals surface area contributed by atoms with Crippen molar-refractivity contribution in [3.63, 3.8) is 0 Å². The lowest BCUT2D eigenvalue weighted by Gasteiger charge is -2.15. The number of anilines is 1. The first kappa shape index (κ1) is 24.7. The molecule has 5 nitrogen and oxygen atoms in total. The van der Waals surface area contributed by atoms with Crippen LogP contribution in [0.4, 0.5) is 5.69 Å². The Balaban J connectivity index is 1.50. The molecule has 0 bridgehead atoms. The van der Waals surface area contributed by atoms with Crippen LogP contribution in [0.15, 0.2) is 77.2 Å². The number of hydrogen-bond donors (Lipinski definition) is 2. The molecule has 1 aliphatic carbocycles. The van der Waals surface area contributed by atoms with E-state index in [0.29, 0.717) is 11.6 Å². The molecule has 2 N–H and O–H groups in total. The third kappa shape index (κ3) is 6.01. The van der Waals surface area contributed by atoms with E-state index in [0.717, 1.165) is 33.5 Å². The predicted molar refractivity (Wildman–Crippen MR) is 143 cm³/mol. The number of carbonyl (C=O) groups excluding carboxylic acids is 1. The van der Waals surface area contributed by atoms with E-state index >= 15 is 0 Å². The molecule has 0 aromatic heterocycles. The van der Waals surface area contributed by atoms with E-state index in [9.17, 15) is 13.2 Å². The van der Waals surface area contributed by atoms with Crippen LogP contribution >= 0.6 is 0 Å². The third-order valence-electron chi connectivity index (χ3n) is 6.55. The average Bonchev–Trinajstić information content (AvgIpc) is 3.35. The normalized spacial score (nSPS) is 14.7. The molecule has 1 saturated carbocycles. The molecule has 3 aromatic carbocycles. The highest BCUT2D eigenvalue weighted by Crippen LogP contribution is 2.30. The third-order valence-corrected chi connectivity index (χ3v) is 7.89. The Kier molecular flexibility index (Phi) is 7.41. The van der Waals surface area contributed by atoms with E-state index < -0.39 is 15.9 Å². The zero-order chi connectivity index (χ0) is 25.0. The van der Waals surface area contributed by atoms with Crippen molar-refractivity contribution in [2.24, 2.45) is 0 Å². The van der Waals surface area contributed by atoms with Gasteiger partial charge in [-0.25, -0.2) is 13.1 Å². The van der Waals surface area contributed by atoms with Crippen molar-refractivity contribution >= 4 is 27.7 Å². The van der Waals surface area contributed by atoms with E-state index in [4.69, 9.17) is 0 Å². The van der Waals surface area contributed by atoms with E-state index in [2.05, 4.69) is 40.4 Å². The summed E-state index contributed by atoms with van der Waals surface area (Å²) in [6, 6.07) is 21.2. The molecular weight excluding hydrogens is 456 g/mol. The Hall–Kier alpha value is -3.38. The van der Waals surface area contributed by atoms with E-state index in [1.807, 2.05) is 19.9 Å². The molecule has 0 saturated heterocycles. The highest BCUT2D eigenvalue weighted by molar-refractivity contribution is 7.90. The first-order chi connectivity index (χ1) is 16.7. The number of carbonyl (C=O) groups is 1. The summed E-state index contributed by atoms with van der Waals surface area (Å²) in [4.78, 5) is 12.7. The molecule has 1 aliphatic rings. The second kappa shape index (κ2) is 10.5. The van der Waals surface area contributed by atoms with Crippen LogP contribution < -0.4 is 10.0 Å². The molecule has 3 aromatic rings. The predicted octanol–water partition coefficient (Wildman–Crippen LogP) is 6.23. The summed E-state index contributed by atoms with van der Waals surface area (Å²) in [6.45, 7) is 5.66. The minimum absolute atomic E-state index is 0.0574. The maximum absolute atomic E-state index is 12.6. The molecule has 0 atom stereocenters. The van der Waals surface area contributed by atoms with Gasteiger partial charge in [0.25, 0.3) is 15.9 Å². The van der Waals surface area contributed by atoms with Gasteiger partial charge in [0.1, 0.15) is 0 Å². The number of amides is 1. The van der Waals surface area contributed by atoms with Gasteiger partial charge in [-0.3, -0.25) is 4.79 Å². The van der Waals surface area contributed by atoms with Gasteiger partial charge in [0.15, 0.2) is 0 Å². The monoisotopic (exact) mass is 488 g/mol. The number of benzene rings is 3. The fourth-order valence-corrected chi connectivity index (χ4v) is 5.56. The van der Waals surface area contributed by atoms with Crippen molar-refractivity contribution in [2.75, 3.05) is 5.32 Å². The number of sulfonamides is 1. The molecule has 6 heteroatoms. The second-order valence-electron chi connectivity index (χ2n) is 9.30. The van der Waals surface area contributed by atoms with Crippen LogP contribution in [0.2, 0.25) is 0 Å². The quantitative estimate of drug-likeness (QED) is 0.386. The number of hydrogen-bond acceptors (Lipinski definition) is 4. The van der Waals surface area contributed by atoms with Gasteiger partial charge in [-0.15, -0.1) is 0 Å². The highest BCUT2D eigenvalue weighted by atomic mass is 32.2. The van der Waals surface area contributed by atoms with Gasteiger partial charge < -0.3 is 5.32 Å². The van der Waals surface area contributed by atoms with E-state index in [1.54, 1.807) is 31.2 Å². The molecule has 0 unspecified atom stereocenters. The van der Waals surface area contributed by atoms with E-state index in [1.165, 1.54) is 37.8 Å². The zero-order valence-electron chi connectivity index (χ0n) is 20.5. The molecule has 4 rings (SSSR count). The van der Waals surface area contributed by atoms with E-state index in [-0.39, 0.29) is 4.90 Å². The lowest BCUT2D eigenvalue weighted by molar-refractivity contribution is -0.115. The average molecular weight is 489 g/mol. The largest absolute Gasteiger partial charge is 0.382 e. The Bertz CT molecular complexity index is 1340. The Morgan fingerprint density at radius 3 is 2.23 bits per heavy atom. The van der Waals surface area contributed by atoms with Gasteiger partial charge >= 0.3 is 0 Å². The summed E-state index contributed by atoms with van der Waals surface area (Å²) >= 11 is 0. The summed E-state index contributed by atoms with van der Waals surface area (Å²) in [7, 11) is -3.91. The number of nitrogens with one attached hydrogen (secondary N) is 2. The molecule has 0 heterocycles. The van der Waals surface area contributed by atoms with Gasteiger partial charge in [0.2, 0.25) is 0 Å². The molecule has 1 fully saturated rings. The topological polar surface area (TPSA) is 75.3 Å². The molecule has 35 heavy (non-hydrogen) atoms. The maximum Gasteiger partial charge on any atom is 0.264 e. The number of rotatable bonds is 7. The fourth-order valence-electron chi connectivity index (χ4n) is 4.52. The van der Waals surface area contributed by atoms with Crippen molar-refractivity contribution in [1.29, 1.82) is 0 Å². The van der Waals surface area contributed by atoms with Crippen molar-refractivity contribution in [3.05, 3.63) is 89.0 Å². The zero-order valence-corrected chi connectivity index (χ0v) is 21.3. The number of aryl methyl sites for hydroxylation is 2. The van der Waals surface area contributed by atoms with Crippen LogP contribution in [-0.4, -0.2) is 20.4 Å². The SMILES string of the molecule is CC(=Cc1cc(C)c(-c2ccc(NC3CCCC3)cc2)cc1C)C(=O)NS(=O)(=O)c1ccccc1. The lowest BCUT2D eigenvalue weighted by Crippen LogP contribution is -2.31. The minimum Gasteiger partial charge on any atom is -0.382 e. The first-order valence-electron chi connectivity index (χ1n) is 12.0. The summed E-state index contributed by atoms with van der Waals surface area (Å²) in [5.41, 5.74) is 6.74. The summed E-state index contributed by atoms with van der Waals surface area (Å²) in [6.07, 6.45) is 6.82. The molecule has 1 amide bonds. The van der Waals surface area contributed by atoms with Crippen molar-refractivity contribution < 1.29 is 13.2 Å². The molecule has 0 spiro atoms. The molecule has 0 radical (unpaired) electrons. The van der Waals surface area contributed by atoms with Gasteiger partial charge in [-0.2, -0.15) is 0 Å². The van der Waals surface area contributed by atoms with Crippen LogP contribution in [-0.2, 0) is 14.8 Å². The van der Waals surface area contributed by atoms with Crippen LogP contribution in [0.3, 0.4) is 0 Å². The molecule has 182 valence electrons. The minimum atomic E-state index is -3.91. The lowest BCUT2D eigenvalue weighted by atomic mass is 9.94. The van der Waals surface area contributed by atoms with Gasteiger partial charge in [0.05, 0.1) is 4.90 Å². The van der Waals surface area contributed by atoms with Crippen molar-refractivity contribution in [1.82, 2.24) is 4.72 Å². The fraction of sp³-hybridized carbons (Fsp3) is 0.276. The van der Waals surface area contributed by atoms with Crippen LogP contribution in [0.1, 0.15) is 49.3 Å². The van der Waals surface area contributed by atoms with Gasteiger partial charge in [-0.05, 0) is 91.8 Å². The summed E-state index contributed by atoms with van der Waals surface area (Å²) < 4.78 is 27.1. The standard InChI is InChI=1S/C29H32N2O3S/c1-20-19-28(23-13-15-26(16-14-23)30-25-9-7-8-10-25)21(2)17-24(20)18-22(3)29(32)31-35(33,34)27-11-5-4-6-12-27/h4-6,11-19,25,30H,7-10H2,1-3H3,(H,31,32). The van der Waals surface area contributed by atoms with Crippen molar-refractivity contribution in [2.45, 2.75) is 57.4 Å². The van der Waals surface area contributed by atoms with Crippen LogP contribution in [0.25, 0.3) is 17.2 Å². The van der Waals surface area contributed by atoms with Gasteiger partial charge in [0, 0.05) is 17.3 Å². The molecular formula is C29H32N2O3S. The Morgan fingerprint density at radius 1 is 0.914 bits per heavy atom.